The van der Waals surface area contributed by atoms with Gasteiger partial charge in [0.25, 0.3) is 0 Å². The van der Waals surface area contributed by atoms with Crippen molar-refractivity contribution in [1.82, 2.24) is 19.4 Å². The molecule has 0 aromatic carbocycles. The number of anilines is 1. The molecule has 1 N–H and O–H groups in total. The van der Waals surface area contributed by atoms with E-state index < -0.39 is 0 Å². The summed E-state index contributed by atoms with van der Waals surface area (Å²) in [5.74, 6) is 0.799. The lowest BCUT2D eigenvalue weighted by Crippen LogP contribution is -2.02. The normalized spacial score (nSPS) is 10.9. The summed E-state index contributed by atoms with van der Waals surface area (Å²) < 4.78 is 1.93. The highest BCUT2D eigenvalue weighted by molar-refractivity contribution is 7.99. The number of aromatic nitrogens is 4. The Kier molecular flexibility index (Phi) is 3.75. The zero-order valence-corrected chi connectivity index (χ0v) is 12.3. The van der Waals surface area contributed by atoms with Gasteiger partial charge in [0.2, 0.25) is 0 Å². The largest absolute Gasteiger partial charge is 0.369 e. The Morgan fingerprint density at radius 1 is 1.30 bits per heavy atom. The van der Waals surface area contributed by atoms with Gasteiger partial charge in [0.05, 0.1) is 11.2 Å². The van der Waals surface area contributed by atoms with Crippen molar-refractivity contribution in [3.05, 3.63) is 41.9 Å². The summed E-state index contributed by atoms with van der Waals surface area (Å²) in [7, 11) is 0. The molecule has 0 saturated heterocycles. The van der Waals surface area contributed by atoms with Crippen LogP contribution in [0.5, 0.6) is 0 Å². The highest BCUT2D eigenvalue weighted by Gasteiger charge is 2.11. The van der Waals surface area contributed by atoms with E-state index in [0.29, 0.717) is 5.02 Å². The van der Waals surface area contributed by atoms with Crippen molar-refractivity contribution in [2.45, 2.75) is 17.0 Å². The molecule has 0 bridgehead atoms. The van der Waals surface area contributed by atoms with Gasteiger partial charge >= 0.3 is 0 Å². The summed E-state index contributed by atoms with van der Waals surface area (Å²) in [5.41, 5.74) is 0.790. The van der Waals surface area contributed by atoms with Crippen LogP contribution in [-0.4, -0.2) is 25.9 Å². The van der Waals surface area contributed by atoms with Gasteiger partial charge in [-0.3, -0.25) is 0 Å². The Bertz CT molecular complexity index is 742. The van der Waals surface area contributed by atoms with Gasteiger partial charge in [-0.25, -0.2) is 15.0 Å². The molecule has 0 saturated carbocycles. The first-order valence-electron chi connectivity index (χ1n) is 6.14. The van der Waals surface area contributed by atoms with E-state index in [9.17, 15) is 0 Å². The Morgan fingerprint density at radius 3 is 3.00 bits per heavy atom. The minimum atomic E-state index is 0.609. The van der Waals surface area contributed by atoms with E-state index in [4.69, 9.17) is 11.6 Å². The number of hydrogen-bond acceptors (Lipinski definition) is 5. The lowest BCUT2D eigenvalue weighted by molar-refractivity contribution is 1.01. The molecule has 0 atom stereocenters. The van der Waals surface area contributed by atoms with E-state index >= 15 is 0 Å². The lowest BCUT2D eigenvalue weighted by Gasteiger charge is -2.08. The second-order valence-electron chi connectivity index (χ2n) is 4.01. The van der Waals surface area contributed by atoms with Gasteiger partial charge in [-0.1, -0.05) is 11.6 Å². The van der Waals surface area contributed by atoms with Gasteiger partial charge in [-0.15, -0.1) is 0 Å². The van der Waals surface area contributed by atoms with Gasteiger partial charge < -0.3 is 9.72 Å². The number of imidazole rings is 1. The van der Waals surface area contributed by atoms with Crippen LogP contribution in [0, 0.1) is 0 Å². The van der Waals surface area contributed by atoms with Crippen LogP contribution in [0.25, 0.3) is 5.65 Å². The standard InChI is InChI=1S/C13H12ClN5S/c1-2-15-10-8-19-7-6-16-11(19)13(18-10)20-12-9(14)4-3-5-17-12/h3-8,15H,2H2,1H3. The van der Waals surface area contributed by atoms with Crippen molar-refractivity contribution < 1.29 is 0 Å². The van der Waals surface area contributed by atoms with Crippen LogP contribution in [-0.2, 0) is 0 Å². The van der Waals surface area contributed by atoms with Crippen LogP contribution < -0.4 is 5.32 Å². The summed E-state index contributed by atoms with van der Waals surface area (Å²) in [6.07, 6.45) is 7.26. The molecule has 0 unspecified atom stereocenters. The van der Waals surface area contributed by atoms with E-state index in [1.807, 2.05) is 29.8 Å². The number of halogens is 1. The second-order valence-corrected chi connectivity index (χ2v) is 5.40. The molecule has 20 heavy (non-hydrogen) atoms. The third-order valence-corrected chi connectivity index (χ3v) is 4.02. The van der Waals surface area contributed by atoms with Gasteiger partial charge in [-0.05, 0) is 30.8 Å². The fourth-order valence-corrected chi connectivity index (χ4v) is 2.87. The zero-order valence-electron chi connectivity index (χ0n) is 10.7. The molecule has 0 aliphatic carbocycles. The molecule has 0 aliphatic heterocycles. The molecule has 3 aromatic rings. The molecule has 0 fully saturated rings. The molecule has 3 rings (SSSR count). The maximum absolute atomic E-state index is 6.15. The molecule has 7 heteroatoms. The number of rotatable bonds is 4. The number of hydrogen-bond donors (Lipinski definition) is 1. The first-order valence-corrected chi connectivity index (χ1v) is 7.33. The molecule has 0 amide bonds. The predicted octanol–water partition coefficient (Wildman–Crippen LogP) is 3.36. The van der Waals surface area contributed by atoms with Crippen LogP contribution >= 0.6 is 23.4 Å². The van der Waals surface area contributed by atoms with Crippen LogP contribution in [0.2, 0.25) is 5.02 Å². The maximum Gasteiger partial charge on any atom is 0.170 e. The summed E-state index contributed by atoms with van der Waals surface area (Å²) in [6.45, 7) is 2.84. The van der Waals surface area contributed by atoms with Crippen molar-refractivity contribution in [2.75, 3.05) is 11.9 Å². The average Bonchev–Trinajstić information content (AvgIpc) is 2.90. The number of nitrogens with zero attached hydrogens (tertiary/aromatic N) is 4. The summed E-state index contributed by atoms with van der Waals surface area (Å²) in [4.78, 5) is 13.2. The molecule has 0 aliphatic rings. The highest BCUT2D eigenvalue weighted by atomic mass is 35.5. The first-order chi connectivity index (χ1) is 9.78. The zero-order chi connectivity index (χ0) is 13.9. The van der Waals surface area contributed by atoms with E-state index in [-0.39, 0.29) is 0 Å². The topological polar surface area (TPSA) is 55.1 Å². The third kappa shape index (κ3) is 2.57. The summed E-state index contributed by atoms with van der Waals surface area (Å²) >= 11 is 7.56. The molecule has 3 heterocycles. The molecular formula is C13H12ClN5S. The molecule has 102 valence electrons. The Morgan fingerprint density at radius 2 is 2.20 bits per heavy atom. The van der Waals surface area contributed by atoms with Crippen molar-refractivity contribution >= 4 is 34.8 Å². The SMILES string of the molecule is CCNc1cn2ccnc2c(Sc2ncccc2Cl)n1. The Labute approximate surface area is 125 Å². The van der Waals surface area contributed by atoms with Crippen LogP contribution in [0.15, 0.2) is 47.0 Å². The van der Waals surface area contributed by atoms with Crippen molar-refractivity contribution in [3.8, 4) is 0 Å². The monoisotopic (exact) mass is 305 g/mol. The number of fused-ring (bicyclic) bond motifs is 1. The van der Waals surface area contributed by atoms with Crippen molar-refractivity contribution in [1.29, 1.82) is 0 Å². The highest BCUT2D eigenvalue weighted by Crippen LogP contribution is 2.32. The second kappa shape index (κ2) is 5.68. The summed E-state index contributed by atoms with van der Waals surface area (Å²) in [5, 5.41) is 5.31. The lowest BCUT2D eigenvalue weighted by atomic mass is 10.5. The predicted molar refractivity (Wildman–Crippen MR) is 80.5 cm³/mol. The Hall–Kier alpha value is -1.79. The first kappa shape index (κ1) is 13.2. The van der Waals surface area contributed by atoms with Gasteiger partial charge in [0.1, 0.15) is 15.9 Å². The van der Waals surface area contributed by atoms with E-state index in [0.717, 1.165) is 28.1 Å². The van der Waals surface area contributed by atoms with Gasteiger partial charge in [0, 0.05) is 25.1 Å². The molecule has 0 radical (unpaired) electrons. The van der Waals surface area contributed by atoms with Crippen LogP contribution in [0.3, 0.4) is 0 Å². The van der Waals surface area contributed by atoms with Crippen molar-refractivity contribution in [3.63, 3.8) is 0 Å². The third-order valence-electron chi connectivity index (χ3n) is 2.62. The van der Waals surface area contributed by atoms with Gasteiger partial charge in [-0.2, -0.15) is 0 Å². The quantitative estimate of drug-likeness (QED) is 0.801. The van der Waals surface area contributed by atoms with Gasteiger partial charge in [0.15, 0.2) is 5.65 Å². The van der Waals surface area contributed by atoms with Crippen LogP contribution in [0.4, 0.5) is 5.82 Å². The van der Waals surface area contributed by atoms with Crippen molar-refractivity contribution in [2.24, 2.45) is 0 Å². The average molecular weight is 306 g/mol. The van der Waals surface area contributed by atoms with E-state index in [1.54, 1.807) is 18.5 Å². The van der Waals surface area contributed by atoms with E-state index in [2.05, 4.69) is 20.3 Å². The molecule has 0 spiro atoms. The summed E-state index contributed by atoms with van der Waals surface area (Å²) in [6, 6.07) is 3.62. The van der Waals surface area contributed by atoms with E-state index in [1.165, 1.54) is 11.8 Å². The molecular weight excluding hydrogens is 294 g/mol. The maximum atomic E-state index is 6.15. The minimum Gasteiger partial charge on any atom is -0.369 e. The minimum absolute atomic E-state index is 0.609. The molecule has 5 nitrogen and oxygen atoms in total. The Balaban J connectivity index is 2.05. The fraction of sp³-hybridized carbons (Fsp3) is 0.154. The number of nitrogens with one attached hydrogen (secondary N) is 1. The smallest absolute Gasteiger partial charge is 0.170 e. The fourth-order valence-electron chi connectivity index (χ4n) is 1.78. The molecule has 3 aromatic heterocycles. The van der Waals surface area contributed by atoms with Crippen LogP contribution in [0.1, 0.15) is 6.92 Å². The number of pyridine rings is 1.